The average molecular weight is 286 g/mol. The Kier molecular flexibility index (Phi) is 5.23. The van der Waals surface area contributed by atoms with Crippen LogP contribution in [0, 0.1) is 5.92 Å². The number of aliphatic hydroxyl groups is 2. The molecule has 1 saturated heterocycles. The summed E-state index contributed by atoms with van der Waals surface area (Å²) < 4.78 is 5.10. The second kappa shape index (κ2) is 6.74. The Bertz CT molecular complexity index is 331. The lowest BCUT2D eigenvalue weighted by molar-refractivity contribution is 0.0116. The second-order valence-electron chi connectivity index (χ2n) is 6.10. The number of nitrogens with zero attached hydrogens (tertiary/aromatic N) is 1. The van der Waals surface area contributed by atoms with Crippen molar-refractivity contribution in [1.82, 2.24) is 4.90 Å². The van der Waals surface area contributed by atoms with Gasteiger partial charge in [-0.05, 0) is 19.3 Å². The molecule has 1 aliphatic carbocycles. The van der Waals surface area contributed by atoms with Gasteiger partial charge in [-0.15, -0.1) is 0 Å². The van der Waals surface area contributed by atoms with E-state index in [4.69, 9.17) is 10.5 Å². The van der Waals surface area contributed by atoms with E-state index in [1.165, 1.54) is 43.9 Å². The molecule has 1 heterocycles. The van der Waals surface area contributed by atoms with E-state index in [-0.39, 0.29) is 12.6 Å². The Hall–Kier alpha value is -0.850. The highest BCUT2D eigenvalue weighted by Crippen LogP contribution is 2.28. The van der Waals surface area contributed by atoms with Crippen molar-refractivity contribution >= 4 is 6.09 Å². The minimum atomic E-state index is -0.908. The molecule has 4 N–H and O–H groups in total. The third-order valence-corrected chi connectivity index (χ3v) is 4.46. The molecule has 116 valence electrons. The molecule has 6 nitrogen and oxygen atoms in total. The first-order chi connectivity index (χ1) is 9.49. The van der Waals surface area contributed by atoms with Crippen molar-refractivity contribution in [3.63, 3.8) is 0 Å². The standard InChI is InChI=1S/C14H26N2O4/c1-9(17)16-8-12(20-14(16)19)13(18)11(15)7-10-5-3-2-4-6-10/h9-13,17-18H,2-8,15H2,1H3/t9?,11?,12-,13?/m0/s1. The number of aliphatic hydroxyl groups excluding tert-OH is 2. The normalized spacial score (nSPS) is 29.1. The Balaban J connectivity index is 1.84. The van der Waals surface area contributed by atoms with Crippen LogP contribution in [-0.2, 0) is 4.74 Å². The van der Waals surface area contributed by atoms with Crippen LogP contribution in [0.3, 0.4) is 0 Å². The van der Waals surface area contributed by atoms with Crippen LogP contribution in [0.15, 0.2) is 0 Å². The first-order valence-electron chi connectivity index (χ1n) is 7.58. The zero-order chi connectivity index (χ0) is 14.7. The minimum absolute atomic E-state index is 0.191. The number of carbonyl (C=O) groups excluding carboxylic acids is 1. The van der Waals surface area contributed by atoms with E-state index < -0.39 is 24.5 Å². The molecule has 4 atom stereocenters. The molecule has 20 heavy (non-hydrogen) atoms. The molecule has 0 spiro atoms. The molecule has 1 aliphatic heterocycles. The number of rotatable bonds is 5. The summed E-state index contributed by atoms with van der Waals surface area (Å²) >= 11 is 0. The van der Waals surface area contributed by atoms with Gasteiger partial charge in [-0.2, -0.15) is 0 Å². The molecule has 0 bridgehead atoms. The highest BCUT2D eigenvalue weighted by atomic mass is 16.6. The van der Waals surface area contributed by atoms with Crippen LogP contribution in [0.1, 0.15) is 45.4 Å². The molecule has 1 amide bonds. The van der Waals surface area contributed by atoms with Gasteiger partial charge in [-0.25, -0.2) is 4.79 Å². The van der Waals surface area contributed by atoms with Crippen molar-refractivity contribution in [1.29, 1.82) is 0 Å². The molecule has 0 aromatic heterocycles. The third-order valence-electron chi connectivity index (χ3n) is 4.46. The van der Waals surface area contributed by atoms with Gasteiger partial charge in [0, 0.05) is 6.04 Å². The molecule has 2 rings (SSSR count). The smallest absolute Gasteiger partial charge is 0.412 e. The molecule has 0 aromatic rings. The summed E-state index contributed by atoms with van der Waals surface area (Å²) in [7, 11) is 0. The van der Waals surface area contributed by atoms with Crippen molar-refractivity contribution in [3.05, 3.63) is 0 Å². The van der Waals surface area contributed by atoms with Crippen LogP contribution in [0.25, 0.3) is 0 Å². The van der Waals surface area contributed by atoms with Crippen LogP contribution < -0.4 is 5.73 Å². The number of amides is 1. The van der Waals surface area contributed by atoms with Crippen LogP contribution in [0.4, 0.5) is 4.79 Å². The largest absolute Gasteiger partial charge is 0.441 e. The van der Waals surface area contributed by atoms with Crippen molar-refractivity contribution in [2.75, 3.05) is 6.54 Å². The molecule has 6 heteroatoms. The van der Waals surface area contributed by atoms with Crippen LogP contribution in [0.5, 0.6) is 0 Å². The molecule has 1 saturated carbocycles. The number of hydrogen-bond donors (Lipinski definition) is 3. The summed E-state index contributed by atoms with van der Waals surface area (Å²) in [6, 6.07) is -0.384. The van der Waals surface area contributed by atoms with Crippen LogP contribution in [0.2, 0.25) is 0 Å². The van der Waals surface area contributed by atoms with Crippen molar-refractivity contribution in [2.24, 2.45) is 11.7 Å². The van der Waals surface area contributed by atoms with Gasteiger partial charge in [0.1, 0.15) is 18.4 Å². The van der Waals surface area contributed by atoms with Gasteiger partial charge in [-0.3, -0.25) is 4.90 Å². The fourth-order valence-corrected chi connectivity index (χ4v) is 3.21. The topological polar surface area (TPSA) is 96.0 Å². The number of cyclic esters (lactones) is 1. The molecule has 3 unspecified atom stereocenters. The maximum atomic E-state index is 11.5. The maximum absolute atomic E-state index is 11.5. The van der Waals surface area contributed by atoms with Gasteiger partial charge >= 0.3 is 6.09 Å². The first kappa shape index (κ1) is 15.5. The van der Waals surface area contributed by atoms with E-state index >= 15 is 0 Å². The van der Waals surface area contributed by atoms with E-state index in [2.05, 4.69) is 0 Å². The highest BCUT2D eigenvalue weighted by Gasteiger charge is 2.40. The Morgan fingerprint density at radius 3 is 2.55 bits per heavy atom. The predicted molar refractivity (Wildman–Crippen MR) is 73.8 cm³/mol. The minimum Gasteiger partial charge on any atom is -0.441 e. The van der Waals surface area contributed by atoms with E-state index in [9.17, 15) is 15.0 Å². The Morgan fingerprint density at radius 2 is 2.00 bits per heavy atom. The fraction of sp³-hybridized carbons (Fsp3) is 0.929. The molecule has 0 radical (unpaired) electrons. The lowest BCUT2D eigenvalue weighted by atomic mass is 9.83. The summed E-state index contributed by atoms with van der Waals surface area (Å²) in [6.45, 7) is 1.69. The predicted octanol–water partition coefficient (Wildman–Crippen LogP) is 0.804. The fourth-order valence-electron chi connectivity index (χ4n) is 3.21. The van der Waals surface area contributed by atoms with Gasteiger partial charge in [-0.1, -0.05) is 32.1 Å². The Labute approximate surface area is 119 Å². The molecular formula is C14H26N2O4. The number of ether oxygens (including phenoxy) is 1. The van der Waals surface area contributed by atoms with E-state index in [1.54, 1.807) is 0 Å². The molecule has 2 aliphatic rings. The number of hydrogen-bond acceptors (Lipinski definition) is 5. The first-order valence-corrected chi connectivity index (χ1v) is 7.58. The Morgan fingerprint density at radius 1 is 1.35 bits per heavy atom. The summed E-state index contributed by atoms with van der Waals surface area (Å²) in [5, 5.41) is 19.7. The van der Waals surface area contributed by atoms with Gasteiger partial charge in [0.2, 0.25) is 0 Å². The lowest BCUT2D eigenvalue weighted by Crippen LogP contribution is -2.46. The zero-order valence-corrected chi connectivity index (χ0v) is 12.1. The van der Waals surface area contributed by atoms with Gasteiger partial charge in [0.25, 0.3) is 0 Å². The highest BCUT2D eigenvalue weighted by molar-refractivity contribution is 5.70. The van der Waals surface area contributed by atoms with Crippen molar-refractivity contribution in [3.8, 4) is 0 Å². The quantitative estimate of drug-likeness (QED) is 0.695. The average Bonchev–Trinajstić information content (AvgIpc) is 2.81. The zero-order valence-electron chi connectivity index (χ0n) is 12.1. The SMILES string of the molecule is CC(O)N1C[C@@H](C(O)C(N)CC2CCCCC2)OC1=O. The van der Waals surface area contributed by atoms with Gasteiger partial charge < -0.3 is 20.7 Å². The van der Waals surface area contributed by atoms with Crippen molar-refractivity contribution < 1.29 is 19.7 Å². The molecule has 2 fully saturated rings. The van der Waals surface area contributed by atoms with Gasteiger partial charge in [0.05, 0.1) is 6.54 Å². The lowest BCUT2D eigenvalue weighted by Gasteiger charge is -2.28. The van der Waals surface area contributed by atoms with Crippen LogP contribution >= 0.6 is 0 Å². The number of carbonyl (C=O) groups is 1. The second-order valence-corrected chi connectivity index (χ2v) is 6.10. The molecular weight excluding hydrogens is 260 g/mol. The summed E-state index contributed by atoms with van der Waals surface area (Å²) in [5.41, 5.74) is 6.07. The summed E-state index contributed by atoms with van der Waals surface area (Å²) in [5.74, 6) is 0.568. The summed E-state index contributed by atoms with van der Waals surface area (Å²) in [6.07, 6.45) is 3.86. The van der Waals surface area contributed by atoms with E-state index in [1.807, 2.05) is 0 Å². The monoisotopic (exact) mass is 286 g/mol. The van der Waals surface area contributed by atoms with E-state index in [0.29, 0.717) is 5.92 Å². The van der Waals surface area contributed by atoms with Crippen molar-refractivity contribution in [2.45, 2.75) is 69.9 Å². The molecule has 0 aromatic carbocycles. The number of nitrogens with two attached hydrogens (primary N) is 1. The van der Waals surface area contributed by atoms with E-state index in [0.717, 1.165) is 6.42 Å². The third kappa shape index (κ3) is 3.62. The summed E-state index contributed by atoms with van der Waals surface area (Å²) in [4.78, 5) is 12.7. The van der Waals surface area contributed by atoms with Crippen LogP contribution in [-0.4, -0.2) is 52.2 Å². The maximum Gasteiger partial charge on any atom is 0.412 e. The van der Waals surface area contributed by atoms with Gasteiger partial charge in [0.15, 0.2) is 0 Å².